The standard InChI is InChI=1S/C20H18F3N3OS/c21-20(22,23)16-8-6-15(7-9-16)17-13-26(10-11-27-17)19-25-24-18(28-19)12-14-4-2-1-3-5-14/h1-9,17H,10-13H2. The number of benzene rings is 2. The van der Waals surface area contributed by atoms with Gasteiger partial charge in [0.15, 0.2) is 0 Å². The molecule has 0 radical (unpaired) electrons. The Hall–Kier alpha value is -2.45. The molecule has 146 valence electrons. The number of hydrogen-bond acceptors (Lipinski definition) is 5. The largest absolute Gasteiger partial charge is 0.416 e. The molecule has 0 amide bonds. The highest BCUT2D eigenvalue weighted by molar-refractivity contribution is 7.15. The van der Waals surface area contributed by atoms with Gasteiger partial charge >= 0.3 is 6.18 Å². The van der Waals surface area contributed by atoms with Crippen LogP contribution < -0.4 is 4.90 Å². The second-order valence-corrected chi connectivity index (χ2v) is 7.61. The second kappa shape index (κ2) is 7.89. The lowest BCUT2D eigenvalue weighted by Gasteiger charge is -2.32. The lowest BCUT2D eigenvalue weighted by atomic mass is 10.1. The van der Waals surface area contributed by atoms with Crippen LogP contribution in [0.1, 0.15) is 27.8 Å². The molecular formula is C20H18F3N3OS. The quantitative estimate of drug-likeness (QED) is 0.629. The summed E-state index contributed by atoms with van der Waals surface area (Å²) in [6, 6.07) is 15.2. The van der Waals surface area contributed by atoms with Crippen molar-refractivity contribution < 1.29 is 17.9 Å². The molecule has 4 rings (SSSR count). The fourth-order valence-corrected chi connectivity index (χ4v) is 4.03. The van der Waals surface area contributed by atoms with E-state index in [4.69, 9.17) is 4.74 Å². The number of hydrogen-bond donors (Lipinski definition) is 0. The van der Waals surface area contributed by atoms with Crippen LogP contribution in [0.15, 0.2) is 54.6 Å². The minimum absolute atomic E-state index is 0.294. The van der Waals surface area contributed by atoms with Crippen molar-refractivity contribution in [3.05, 3.63) is 76.3 Å². The summed E-state index contributed by atoms with van der Waals surface area (Å²) >= 11 is 1.54. The zero-order chi connectivity index (χ0) is 19.6. The van der Waals surface area contributed by atoms with Crippen molar-refractivity contribution in [2.24, 2.45) is 0 Å². The van der Waals surface area contributed by atoms with E-state index in [-0.39, 0.29) is 6.10 Å². The van der Waals surface area contributed by atoms with E-state index in [9.17, 15) is 13.2 Å². The molecule has 1 atom stereocenters. The summed E-state index contributed by atoms with van der Waals surface area (Å²) in [5.74, 6) is 0. The average molecular weight is 405 g/mol. The van der Waals surface area contributed by atoms with Crippen LogP contribution in [0.5, 0.6) is 0 Å². The molecule has 0 spiro atoms. The van der Waals surface area contributed by atoms with Crippen LogP contribution in [0.2, 0.25) is 0 Å². The lowest BCUT2D eigenvalue weighted by molar-refractivity contribution is -0.137. The molecule has 1 aliphatic heterocycles. The SMILES string of the molecule is FC(F)(F)c1ccc(C2CN(c3nnc(Cc4ccccc4)s3)CCO2)cc1. The van der Waals surface area contributed by atoms with Crippen LogP contribution in [-0.4, -0.2) is 29.9 Å². The molecule has 0 aliphatic carbocycles. The first-order chi connectivity index (χ1) is 13.5. The van der Waals surface area contributed by atoms with Gasteiger partial charge in [0.25, 0.3) is 0 Å². The summed E-state index contributed by atoms with van der Waals surface area (Å²) in [6.45, 7) is 1.70. The van der Waals surface area contributed by atoms with E-state index in [1.54, 1.807) is 0 Å². The molecule has 1 unspecified atom stereocenters. The number of halogens is 3. The minimum Gasteiger partial charge on any atom is -0.370 e. The smallest absolute Gasteiger partial charge is 0.370 e. The third kappa shape index (κ3) is 4.34. The predicted octanol–water partition coefficient (Wildman–Crippen LogP) is 4.73. The molecule has 4 nitrogen and oxygen atoms in total. The van der Waals surface area contributed by atoms with Crippen LogP contribution in [0, 0.1) is 0 Å². The molecule has 1 aliphatic rings. The van der Waals surface area contributed by atoms with Gasteiger partial charge in [-0.3, -0.25) is 0 Å². The van der Waals surface area contributed by atoms with Gasteiger partial charge in [-0.05, 0) is 23.3 Å². The van der Waals surface area contributed by atoms with E-state index in [0.29, 0.717) is 19.7 Å². The molecule has 28 heavy (non-hydrogen) atoms. The average Bonchev–Trinajstić information content (AvgIpc) is 3.17. The summed E-state index contributed by atoms with van der Waals surface area (Å²) in [7, 11) is 0. The van der Waals surface area contributed by atoms with E-state index in [0.717, 1.165) is 34.3 Å². The van der Waals surface area contributed by atoms with E-state index in [1.807, 2.05) is 18.2 Å². The molecule has 8 heteroatoms. The van der Waals surface area contributed by atoms with Gasteiger partial charge in [-0.25, -0.2) is 0 Å². The number of aromatic nitrogens is 2. The van der Waals surface area contributed by atoms with Gasteiger partial charge in [0, 0.05) is 13.0 Å². The number of alkyl halides is 3. The summed E-state index contributed by atoms with van der Waals surface area (Å²) < 4.78 is 44.0. The van der Waals surface area contributed by atoms with Crippen molar-refractivity contribution in [3.63, 3.8) is 0 Å². The van der Waals surface area contributed by atoms with Crippen molar-refractivity contribution in [1.29, 1.82) is 0 Å². The Morgan fingerprint density at radius 1 is 1.04 bits per heavy atom. The van der Waals surface area contributed by atoms with Gasteiger partial charge in [-0.2, -0.15) is 13.2 Å². The van der Waals surface area contributed by atoms with Crippen molar-refractivity contribution in [2.75, 3.05) is 24.6 Å². The first kappa shape index (κ1) is 18.9. The Labute approximate surface area is 164 Å². The minimum atomic E-state index is -4.33. The topological polar surface area (TPSA) is 38.2 Å². The zero-order valence-electron chi connectivity index (χ0n) is 14.9. The van der Waals surface area contributed by atoms with Gasteiger partial charge in [0.2, 0.25) is 5.13 Å². The highest BCUT2D eigenvalue weighted by Gasteiger charge is 2.31. The Morgan fingerprint density at radius 3 is 2.50 bits per heavy atom. The highest BCUT2D eigenvalue weighted by atomic mass is 32.1. The molecule has 2 aromatic carbocycles. The van der Waals surface area contributed by atoms with Crippen LogP contribution in [-0.2, 0) is 17.3 Å². The molecule has 1 saturated heterocycles. The summed E-state index contributed by atoms with van der Waals surface area (Å²) in [6.07, 6.45) is -3.90. The number of ether oxygens (including phenoxy) is 1. The van der Waals surface area contributed by atoms with Gasteiger partial charge < -0.3 is 9.64 Å². The molecular weight excluding hydrogens is 387 g/mol. The number of morpholine rings is 1. The molecule has 3 aromatic rings. The van der Waals surface area contributed by atoms with Crippen molar-refractivity contribution in [1.82, 2.24) is 10.2 Å². The molecule has 0 bridgehead atoms. The first-order valence-corrected chi connectivity index (χ1v) is 9.71. The predicted molar refractivity (Wildman–Crippen MR) is 102 cm³/mol. The molecule has 1 fully saturated rings. The third-order valence-corrected chi connectivity index (χ3v) is 5.59. The number of rotatable bonds is 4. The Kier molecular flexibility index (Phi) is 5.32. The monoisotopic (exact) mass is 405 g/mol. The Balaban J connectivity index is 1.44. The zero-order valence-corrected chi connectivity index (χ0v) is 15.7. The number of anilines is 1. The second-order valence-electron chi connectivity index (χ2n) is 6.57. The highest BCUT2D eigenvalue weighted by Crippen LogP contribution is 2.32. The first-order valence-electron chi connectivity index (χ1n) is 8.89. The fraction of sp³-hybridized carbons (Fsp3) is 0.300. The molecule has 2 heterocycles. The van der Waals surface area contributed by atoms with Crippen molar-refractivity contribution in [3.8, 4) is 0 Å². The molecule has 1 aromatic heterocycles. The van der Waals surface area contributed by atoms with Crippen LogP contribution in [0.25, 0.3) is 0 Å². The summed E-state index contributed by atoms with van der Waals surface area (Å²) in [5.41, 5.74) is 1.25. The van der Waals surface area contributed by atoms with Gasteiger partial charge in [0.05, 0.1) is 18.7 Å². The number of nitrogens with zero attached hydrogens (tertiary/aromatic N) is 3. The van der Waals surface area contributed by atoms with Crippen molar-refractivity contribution in [2.45, 2.75) is 18.7 Å². The van der Waals surface area contributed by atoms with Crippen molar-refractivity contribution >= 4 is 16.5 Å². The molecule has 0 saturated carbocycles. The van der Waals surface area contributed by atoms with Gasteiger partial charge in [0.1, 0.15) is 11.1 Å². The molecule has 0 N–H and O–H groups in total. The lowest BCUT2D eigenvalue weighted by Crippen LogP contribution is -2.38. The summed E-state index contributed by atoms with van der Waals surface area (Å²) in [5, 5.41) is 10.3. The van der Waals surface area contributed by atoms with Crippen LogP contribution in [0.3, 0.4) is 0 Å². The Morgan fingerprint density at radius 2 is 1.79 bits per heavy atom. The Bertz CT molecular complexity index is 912. The normalized spacial score (nSPS) is 17.7. The fourth-order valence-electron chi connectivity index (χ4n) is 3.13. The van der Waals surface area contributed by atoms with E-state index in [1.165, 1.54) is 29.0 Å². The summed E-state index contributed by atoms with van der Waals surface area (Å²) in [4.78, 5) is 2.08. The van der Waals surface area contributed by atoms with E-state index >= 15 is 0 Å². The maximum atomic E-state index is 12.8. The third-order valence-electron chi connectivity index (χ3n) is 4.60. The maximum absolute atomic E-state index is 12.8. The maximum Gasteiger partial charge on any atom is 0.416 e. The van der Waals surface area contributed by atoms with Gasteiger partial charge in [-0.15, -0.1) is 10.2 Å². The van der Waals surface area contributed by atoms with E-state index < -0.39 is 11.7 Å². The van der Waals surface area contributed by atoms with E-state index in [2.05, 4.69) is 27.2 Å². The van der Waals surface area contributed by atoms with Gasteiger partial charge in [-0.1, -0.05) is 53.8 Å². The van der Waals surface area contributed by atoms with Crippen LogP contribution >= 0.6 is 11.3 Å². The van der Waals surface area contributed by atoms with Crippen LogP contribution in [0.4, 0.5) is 18.3 Å².